The van der Waals surface area contributed by atoms with Crippen LogP contribution in [0.25, 0.3) is 0 Å². The van der Waals surface area contributed by atoms with Crippen molar-refractivity contribution in [2.24, 2.45) is 0 Å². The molecule has 2 aromatic carbocycles. The summed E-state index contributed by atoms with van der Waals surface area (Å²) >= 11 is 5.81. The number of benzene rings is 2. The second-order valence-electron chi connectivity index (χ2n) is 5.78. The number of rotatable bonds is 3. The molecule has 2 amide bonds. The maximum Gasteiger partial charge on any atom is 0.254 e. The molecule has 0 saturated carbocycles. The van der Waals surface area contributed by atoms with Gasteiger partial charge >= 0.3 is 0 Å². The fraction of sp³-hybridized carbons (Fsp3) is 0.222. The van der Waals surface area contributed by atoms with Crippen LogP contribution in [0.2, 0.25) is 5.02 Å². The number of anilines is 1. The highest BCUT2D eigenvalue weighted by Crippen LogP contribution is 2.23. The highest BCUT2D eigenvalue weighted by molar-refractivity contribution is 6.30. The van der Waals surface area contributed by atoms with Gasteiger partial charge in [0.1, 0.15) is 6.04 Å². The van der Waals surface area contributed by atoms with Crippen molar-refractivity contribution >= 4 is 29.1 Å². The van der Waals surface area contributed by atoms with Crippen LogP contribution in [0.3, 0.4) is 0 Å². The molecule has 1 saturated heterocycles. The number of hydrogen-bond acceptors (Lipinski definition) is 2. The number of likely N-dealkylation sites (tertiary alicyclic amines) is 1. The Kier molecular flexibility index (Phi) is 4.99. The first-order valence-electron chi connectivity index (χ1n) is 7.78. The van der Waals surface area contributed by atoms with Crippen LogP contribution in [0.5, 0.6) is 0 Å². The van der Waals surface area contributed by atoms with Crippen LogP contribution in [-0.2, 0) is 4.79 Å². The third kappa shape index (κ3) is 3.79. The zero-order valence-electron chi connectivity index (χ0n) is 13.1. The van der Waals surface area contributed by atoms with Gasteiger partial charge in [-0.15, -0.1) is 0 Å². The molecular weight excluding hydrogens is 350 g/mol. The van der Waals surface area contributed by atoms with E-state index in [1.165, 1.54) is 11.0 Å². The van der Waals surface area contributed by atoms with Gasteiger partial charge < -0.3 is 10.2 Å². The van der Waals surface area contributed by atoms with Crippen LogP contribution < -0.4 is 5.32 Å². The SMILES string of the molecule is O=C(Nc1ccc(Cl)cc1)[C@H]1CCCN1C(=O)c1ccc(F)c(F)c1. The lowest BCUT2D eigenvalue weighted by molar-refractivity contribution is -0.119. The Balaban J connectivity index is 1.74. The monoisotopic (exact) mass is 364 g/mol. The van der Waals surface area contributed by atoms with Crippen LogP contribution in [0.1, 0.15) is 23.2 Å². The molecule has 1 fully saturated rings. The lowest BCUT2D eigenvalue weighted by Crippen LogP contribution is -2.43. The summed E-state index contributed by atoms with van der Waals surface area (Å²) in [6.07, 6.45) is 1.17. The van der Waals surface area contributed by atoms with Gasteiger partial charge in [-0.2, -0.15) is 0 Å². The van der Waals surface area contributed by atoms with Crippen molar-refractivity contribution in [2.45, 2.75) is 18.9 Å². The van der Waals surface area contributed by atoms with Crippen LogP contribution in [-0.4, -0.2) is 29.3 Å². The van der Waals surface area contributed by atoms with Gasteiger partial charge in [-0.1, -0.05) is 11.6 Å². The highest BCUT2D eigenvalue weighted by atomic mass is 35.5. The third-order valence-corrected chi connectivity index (χ3v) is 4.35. The van der Waals surface area contributed by atoms with Gasteiger partial charge in [0.15, 0.2) is 11.6 Å². The Labute approximate surface area is 148 Å². The van der Waals surface area contributed by atoms with Gasteiger partial charge in [0.2, 0.25) is 5.91 Å². The summed E-state index contributed by atoms with van der Waals surface area (Å²) in [7, 11) is 0. The second kappa shape index (κ2) is 7.19. The van der Waals surface area contributed by atoms with E-state index in [-0.39, 0.29) is 11.5 Å². The molecule has 0 bridgehead atoms. The third-order valence-electron chi connectivity index (χ3n) is 4.09. The number of nitrogens with zero attached hydrogens (tertiary/aromatic N) is 1. The largest absolute Gasteiger partial charge is 0.327 e. The Bertz CT molecular complexity index is 811. The van der Waals surface area contributed by atoms with Crippen LogP contribution in [0.4, 0.5) is 14.5 Å². The number of halogens is 3. The Morgan fingerprint density at radius 3 is 2.48 bits per heavy atom. The molecule has 2 aromatic rings. The first-order valence-corrected chi connectivity index (χ1v) is 8.16. The van der Waals surface area contributed by atoms with Crippen LogP contribution in [0, 0.1) is 11.6 Å². The van der Waals surface area contributed by atoms with Crippen molar-refractivity contribution in [1.82, 2.24) is 4.90 Å². The van der Waals surface area contributed by atoms with Crippen molar-refractivity contribution in [3.8, 4) is 0 Å². The summed E-state index contributed by atoms with van der Waals surface area (Å²) in [6, 6.07) is 8.94. The number of carbonyl (C=O) groups excluding carboxylic acids is 2. The van der Waals surface area contributed by atoms with E-state index in [1.807, 2.05) is 0 Å². The molecule has 1 heterocycles. The zero-order chi connectivity index (χ0) is 18.0. The molecule has 0 spiro atoms. The Morgan fingerprint density at radius 2 is 1.80 bits per heavy atom. The summed E-state index contributed by atoms with van der Waals surface area (Å²) < 4.78 is 26.4. The summed E-state index contributed by atoms with van der Waals surface area (Å²) in [6.45, 7) is 0.385. The lowest BCUT2D eigenvalue weighted by atomic mass is 10.1. The normalized spacial score (nSPS) is 16.8. The zero-order valence-corrected chi connectivity index (χ0v) is 13.9. The summed E-state index contributed by atoms with van der Waals surface area (Å²) in [5, 5.41) is 3.29. The van der Waals surface area contributed by atoms with E-state index in [4.69, 9.17) is 11.6 Å². The van der Waals surface area contributed by atoms with Gasteiger partial charge in [-0.05, 0) is 55.3 Å². The highest BCUT2D eigenvalue weighted by Gasteiger charge is 2.34. The van der Waals surface area contributed by atoms with Gasteiger partial charge in [0, 0.05) is 22.8 Å². The van der Waals surface area contributed by atoms with E-state index in [0.29, 0.717) is 30.1 Å². The van der Waals surface area contributed by atoms with Crippen molar-refractivity contribution in [3.05, 3.63) is 64.7 Å². The fourth-order valence-electron chi connectivity index (χ4n) is 2.84. The van der Waals surface area contributed by atoms with Crippen LogP contribution >= 0.6 is 11.6 Å². The number of carbonyl (C=O) groups is 2. The van der Waals surface area contributed by atoms with E-state index in [2.05, 4.69) is 5.32 Å². The molecule has 130 valence electrons. The smallest absolute Gasteiger partial charge is 0.254 e. The van der Waals surface area contributed by atoms with E-state index in [0.717, 1.165) is 12.1 Å². The molecule has 0 aliphatic carbocycles. The van der Waals surface area contributed by atoms with Crippen molar-refractivity contribution in [2.75, 3.05) is 11.9 Å². The minimum absolute atomic E-state index is 0.0186. The minimum atomic E-state index is -1.09. The second-order valence-corrected chi connectivity index (χ2v) is 6.22. The molecular formula is C18H15ClF2N2O2. The first-order chi connectivity index (χ1) is 12.0. The molecule has 0 radical (unpaired) electrons. The van der Waals surface area contributed by atoms with E-state index in [9.17, 15) is 18.4 Å². The molecule has 3 rings (SSSR count). The molecule has 0 unspecified atom stereocenters. The number of amides is 2. The van der Waals surface area contributed by atoms with Crippen molar-refractivity contribution < 1.29 is 18.4 Å². The predicted octanol–water partition coefficient (Wildman–Crippen LogP) is 3.86. The van der Waals surface area contributed by atoms with Crippen molar-refractivity contribution in [1.29, 1.82) is 0 Å². The number of nitrogens with one attached hydrogen (secondary N) is 1. The summed E-state index contributed by atoms with van der Waals surface area (Å²) in [5.41, 5.74) is 0.589. The topological polar surface area (TPSA) is 49.4 Å². The van der Waals surface area contributed by atoms with E-state index >= 15 is 0 Å². The van der Waals surface area contributed by atoms with Crippen LogP contribution in [0.15, 0.2) is 42.5 Å². The summed E-state index contributed by atoms with van der Waals surface area (Å²) in [5.74, 6) is -2.93. The molecule has 1 N–H and O–H groups in total. The van der Waals surface area contributed by atoms with Crippen molar-refractivity contribution in [3.63, 3.8) is 0 Å². The molecule has 25 heavy (non-hydrogen) atoms. The maximum atomic E-state index is 13.4. The molecule has 0 aromatic heterocycles. The van der Waals surface area contributed by atoms with Gasteiger partial charge in [0.05, 0.1) is 0 Å². The predicted molar refractivity (Wildman–Crippen MR) is 90.5 cm³/mol. The Hall–Kier alpha value is -2.47. The molecule has 1 atom stereocenters. The van der Waals surface area contributed by atoms with E-state index in [1.54, 1.807) is 24.3 Å². The van der Waals surface area contributed by atoms with Gasteiger partial charge in [0.25, 0.3) is 5.91 Å². The van der Waals surface area contributed by atoms with Gasteiger partial charge in [-0.25, -0.2) is 8.78 Å². The standard InChI is InChI=1S/C18H15ClF2N2O2/c19-12-4-6-13(7-5-12)22-17(24)16-2-1-9-23(16)18(25)11-3-8-14(20)15(21)10-11/h3-8,10,16H,1-2,9H2,(H,22,24)/t16-/m1/s1. The fourth-order valence-corrected chi connectivity index (χ4v) is 2.96. The molecule has 1 aliphatic rings. The molecule has 4 nitrogen and oxygen atoms in total. The summed E-state index contributed by atoms with van der Waals surface area (Å²) in [4.78, 5) is 26.4. The Morgan fingerprint density at radius 1 is 1.08 bits per heavy atom. The van der Waals surface area contributed by atoms with E-state index < -0.39 is 23.6 Å². The quantitative estimate of drug-likeness (QED) is 0.899. The maximum absolute atomic E-state index is 13.4. The minimum Gasteiger partial charge on any atom is -0.327 e. The first kappa shape index (κ1) is 17.4. The molecule has 7 heteroatoms. The number of hydrogen-bond donors (Lipinski definition) is 1. The van der Waals surface area contributed by atoms with Gasteiger partial charge in [-0.3, -0.25) is 9.59 Å². The molecule has 1 aliphatic heterocycles. The average molecular weight is 365 g/mol. The lowest BCUT2D eigenvalue weighted by Gasteiger charge is -2.24. The average Bonchev–Trinajstić information content (AvgIpc) is 3.08.